The maximum absolute atomic E-state index is 11.2. The van der Waals surface area contributed by atoms with E-state index < -0.39 is 5.97 Å². The van der Waals surface area contributed by atoms with E-state index in [0.717, 1.165) is 11.3 Å². The summed E-state index contributed by atoms with van der Waals surface area (Å²) < 4.78 is 5.26. The third kappa shape index (κ3) is 2.72. The topological polar surface area (TPSA) is 59.4 Å². The molecular formula is C13H12ClNO3S. The van der Waals surface area contributed by atoms with E-state index in [9.17, 15) is 4.79 Å². The van der Waals surface area contributed by atoms with Crippen LogP contribution in [0.2, 0.25) is 5.02 Å². The average molecular weight is 298 g/mol. The van der Waals surface area contributed by atoms with E-state index >= 15 is 0 Å². The Kier molecular flexibility index (Phi) is 4.07. The van der Waals surface area contributed by atoms with Gasteiger partial charge in [-0.3, -0.25) is 0 Å². The fraction of sp³-hybridized carbons (Fsp3) is 0.231. The van der Waals surface area contributed by atoms with Gasteiger partial charge >= 0.3 is 5.97 Å². The summed E-state index contributed by atoms with van der Waals surface area (Å²) in [4.78, 5) is 15.8. The zero-order valence-corrected chi connectivity index (χ0v) is 12.0. The number of aromatic carboxylic acids is 1. The number of methoxy groups -OCH3 is 1. The van der Waals surface area contributed by atoms with Gasteiger partial charge in [-0.25, -0.2) is 9.78 Å². The maximum atomic E-state index is 11.2. The second-order valence-electron chi connectivity index (χ2n) is 3.80. The van der Waals surface area contributed by atoms with Crippen molar-refractivity contribution in [1.29, 1.82) is 0 Å². The number of hydrogen-bond donors (Lipinski definition) is 1. The largest absolute Gasteiger partial charge is 0.496 e. The van der Waals surface area contributed by atoms with Gasteiger partial charge in [0.15, 0.2) is 0 Å². The second-order valence-corrected chi connectivity index (χ2v) is 5.23. The smallest absolute Gasteiger partial charge is 0.347 e. The predicted molar refractivity (Wildman–Crippen MR) is 75.4 cm³/mol. The summed E-state index contributed by atoms with van der Waals surface area (Å²) in [6, 6.07) is 5.19. The second kappa shape index (κ2) is 5.59. The van der Waals surface area contributed by atoms with Crippen LogP contribution in [0.1, 0.15) is 22.3 Å². The molecule has 0 radical (unpaired) electrons. The number of hydrogen-bond acceptors (Lipinski definition) is 4. The quantitative estimate of drug-likeness (QED) is 0.934. The van der Waals surface area contributed by atoms with Gasteiger partial charge in [0.25, 0.3) is 0 Å². The van der Waals surface area contributed by atoms with Crippen molar-refractivity contribution in [2.24, 2.45) is 0 Å². The third-order valence-corrected chi connectivity index (χ3v) is 3.97. The third-order valence-electron chi connectivity index (χ3n) is 2.62. The van der Waals surface area contributed by atoms with Gasteiger partial charge in [0.2, 0.25) is 0 Å². The molecule has 0 aliphatic carbocycles. The molecule has 2 aromatic rings. The fourth-order valence-electron chi connectivity index (χ4n) is 1.72. The Bertz CT molecular complexity index is 624. The van der Waals surface area contributed by atoms with Crippen LogP contribution in [-0.4, -0.2) is 23.2 Å². The number of nitrogens with zero attached hydrogens (tertiary/aromatic N) is 1. The van der Waals surface area contributed by atoms with E-state index in [0.29, 0.717) is 33.5 Å². The first kappa shape index (κ1) is 13.8. The van der Waals surface area contributed by atoms with Crippen LogP contribution < -0.4 is 4.74 Å². The molecule has 19 heavy (non-hydrogen) atoms. The van der Waals surface area contributed by atoms with E-state index in [2.05, 4.69) is 4.98 Å². The molecule has 0 saturated heterocycles. The van der Waals surface area contributed by atoms with Gasteiger partial charge in [-0.2, -0.15) is 0 Å². The van der Waals surface area contributed by atoms with Crippen molar-refractivity contribution in [3.63, 3.8) is 0 Å². The lowest BCUT2D eigenvalue weighted by molar-refractivity contribution is 0.0701. The summed E-state index contributed by atoms with van der Waals surface area (Å²) in [6.45, 7) is 1.88. The van der Waals surface area contributed by atoms with Gasteiger partial charge in [0.05, 0.1) is 18.4 Å². The minimum atomic E-state index is -0.957. The SMILES string of the molecule is CCc1nc(-c2cc(Cl)ccc2OC)sc1C(=O)O. The maximum Gasteiger partial charge on any atom is 0.347 e. The summed E-state index contributed by atoms with van der Waals surface area (Å²) in [5, 5.41) is 10.3. The summed E-state index contributed by atoms with van der Waals surface area (Å²) >= 11 is 7.11. The summed E-state index contributed by atoms with van der Waals surface area (Å²) in [5.41, 5.74) is 1.29. The number of thiazole rings is 1. The molecule has 2 rings (SSSR count). The average Bonchev–Trinajstić information content (AvgIpc) is 2.82. The molecule has 0 unspecified atom stereocenters. The Morgan fingerprint density at radius 3 is 2.79 bits per heavy atom. The number of carbonyl (C=O) groups is 1. The predicted octanol–water partition coefficient (Wildman–Crippen LogP) is 3.73. The zero-order chi connectivity index (χ0) is 14.0. The van der Waals surface area contributed by atoms with Gasteiger partial charge in [-0.1, -0.05) is 18.5 Å². The van der Waals surface area contributed by atoms with Gasteiger partial charge in [0.1, 0.15) is 15.6 Å². The molecule has 4 nitrogen and oxygen atoms in total. The van der Waals surface area contributed by atoms with Crippen LogP contribution >= 0.6 is 22.9 Å². The van der Waals surface area contributed by atoms with Crippen molar-refractivity contribution in [3.8, 4) is 16.3 Å². The summed E-state index contributed by atoms with van der Waals surface area (Å²) in [5.74, 6) is -0.334. The molecule has 1 N–H and O–H groups in total. The molecule has 0 aliphatic heterocycles. The Balaban J connectivity index is 2.59. The molecule has 0 aliphatic rings. The zero-order valence-electron chi connectivity index (χ0n) is 10.4. The molecular weight excluding hydrogens is 286 g/mol. The minimum absolute atomic E-state index is 0.263. The molecule has 0 atom stereocenters. The molecule has 0 fully saturated rings. The van der Waals surface area contributed by atoms with Crippen molar-refractivity contribution in [1.82, 2.24) is 4.98 Å². The van der Waals surface area contributed by atoms with Gasteiger partial charge in [-0.05, 0) is 24.6 Å². The highest BCUT2D eigenvalue weighted by Crippen LogP contribution is 2.36. The Labute approximate surface area is 119 Å². The highest BCUT2D eigenvalue weighted by molar-refractivity contribution is 7.17. The molecule has 0 amide bonds. The van der Waals surface area contributed by atoms with Gasteiger partial charge in [-0.15, -0.1) is 11.3 Å². The van der Waals surface area contributed by atoms with Crippen molar-refractivity contribution in [3.05, 3.63) is 33.8 Å². The van der Waals surface area contributed by atoms with E-state index in [1.165, 1.54) is 0 Å². The van der Waals surface area contributed by atoms with Crippen molar-refractivity contribution < 1.29 is 14.6 Å². The molecule has 0 saturated carbocycles. The molecule has 6 heteroatoms. The van der Waals surface area contributed by atoms with Crippen molar-refractivity contribution in [2.45, 2.75) is 13.3 Å². The lowest BCUT2D eigenvalue weighted by Gasteiger charge is -2.05. The number of rotatable bonds is 4. The molecule has 1 aromatic carbocycles. The van der Waals surface area contributed by atoms with E-state index in [4.69, 9.17) is 21.4 Å². The fourth-order valence-corrected chi connectivity index (χ4v) is 2.91. The lowest BCUT2D eigenvalue weighted by atomic mass is 10.2. The number of aromatic nitrogens is 1. The summed E-state index contributed by atoms with van der Waals surface area (Å²) in [7, 11) is 1.55. The first-order valence-corrected chi connectivity index (χ1v) is 6.83. The van der Waals surface area contributed by atoms with Crippen molar-refractivity contribution in [2.75, 3.05) is 7.11 Å². The molecule has 0 bridgehead atoms. The number of ether oxygens (including phenoxy) is 1. The van der Waals surface area contributed by atoms with Crippen LogP contribution in [0.25, 0.3) is 10.6 Å². The number of halogens is 1. The standard InChI is InChI=1S/C13H12ClNO3S/c1-3-9-11(13(16)17)19-12(15-9)8-6-7(14)4-5-10(8)18-2/h4-6H,3H2,1-2H3,(H,16,17). The first-order valence-electron chi connectivity index (χ1n) is 5.63. The summed E-state index contributed by atoms with van der Waals surface area (Å²) in [6.07, 6.45) is 0.570. The monoisotopic (exact) mass is 297 g/mol. The molecule has 0 spiro atoms. The highest BCUT2D eigenvalue weighted by Gasteiger charge is 2.19. The normalized spacial score (nSPS) is 10.5. The van der Waals surface area contributed by atoms with Crippen LogP contribution in [0, 0.1) is 0 Å². The van der Waals surface area contributed by atoms with E-state index in [1.54, 1.807) is 25.3 Å². The number of carboxylic acid groups (broad SMARTS) is 1. The lowest BCUT2D eigenvalue weighted by Crippen LogP contribution is -1.97. The van der Waals surface area contributed by atoms with Crippen LogP contribution in [0.4, 0.5) is 0 Å². The van der Waals surface area contributed by atoms with Crippen LogP contribution in [0.15, 0.2) is 18.2 Å². The Hall–Kier alpha value is -1.59. The first-order chi connectivity index (χ1) is 9.06. The van der Waals surface area contributed by atoms with E-state index in [1.807, 2.05) is 6.92 Å². The van der Waals surface area contributed by atoms with Crippen LogP contribution in [0.3, 0.4) is 0 Å². The van der Waals surface area contributed by atoms with Crippen molar-refractivity contribution >= 4 is 28.9 Å². The number of carboxylic acids is 1. The van der Waals surface area contributed by atoms with Gasteiger partial charge in [0, 0.05) is 5.02 Å². The minimum Gasteiger partial charge on any atom is -0.496 e. The van der Waals surface area contributed by atoms with Gasteiger partial charge < -0.3 is 9.84 Å². The Morgan fingerprint density at radius 1 is 1.53 bits per heavy atom. The molecule has 100 valence electrons. The highest BCUT2D eigenvalue weighted by atomic mass is 35.5. The van der Waals surface area contributed by atoms with E-state index in [-0.39, 0.29) is 4.88 Å². The number of benzene rings is 1. The number of aryl methyl sites for hydroxylation is 1. The Morgan fingerprint density at radius 2 is 2.26 bits per heavy atom. The van der Waals surface area contributed by atoms with Crippen LogP contribution in [0.5, 0.6) is 5.75 Å². The van der Waals surface area contributed by atoms with Crippen LogP contribution in [-0.2, 0) is 6.42 Å². The molecule has 1 heterocycles. The molecule has 1 aromatic heterocycles.